The van der Waals surface area contributed by atoms with Crippen molar-refractivity contribution >= 4 is 30.5 Å². The van der Waals surface area contributed by atoms with Gasteiger partial charge in [-0.3, -0.25) is 0 Å². The van der Waals surface area contributed by atoms with Crippen LogP contribution in [0.2, 0.25) is 3.98 Å². The molecule has 0 aromatic heterocycles. The van der Waals surface area contributed by atoms with E-state index in [0.29, 0.717) is 0 Å². The van der Waals surface area contributed by atoms with Gasteiger partial charge in [-0.15, -0.1) is 0 Å². The number of hydrogen-bond acceptors (Lipinski definition) is 0. The number of benzene rings is 3. The molecule has 3 aromatic rings. The van der Waals surface area contributed by atoms with E-state index >= 15 is 0 Å². The third-order valence-corrected chi connectivity index (χ3v) is 23.1. The molecule has 0 spiro atoms. The van der Waals surface area contributed by atoms with Gasteiger partial charge in [0, 0.05) is 0 Å². The molecule has 0 aliphatic rings. The molecule has 0 aliphatic heterocycles. The summed E-state index contributed by atoms with van der Waals surface area (Å²) in [5, 5.41) is 0. The Kier molecular flexibility index (Phi) is 5.44. The minimum absolute atomic E-state index is 1.17. The van der Waals surface area contributed by atoms with Crippen molar-refractivity contribution in [1.82, 2.24) is 0 Å². The van der Waals surface area contributed by atoms with E-state index in [4.69, 9.17) is 0 Å². The Hall–Kier alpha value is -1.68. The molecule has 0 amide bonds. The van der Waals surface area contributed by atoms with E-state index in [-0.39, 0.29) is 0 Å². The topological polar surface area (TPSA) is 0 Å². The van der Waals surface area contributed by atoms with E-state index < -0.39 is 21.2 Å². The molecular weight excluding hydrogens is 471 g/mol. The summed E-state index contributed by atoms with van der Waals surface area (Å²) in [6.07, 6.45) is 4.57. The maximum atomic E-state index is 2.37. The van der Waals surface area contributed by atoms with Gasteiger partial charge in [0.2, 0.25) is 0 Å². The first-order valence-corrected chi connectivity index (χ1v) is 16.7. The van der Waals surface area contributed by atoms with Crippen molar-refractivity contribution in [3.63, 3.8) is 0 Å². The van der Waals surface area contributed by atoms with E-state index in [1.54, 1.807) is 9.37 Å². The quantitative estimate of drug-likeness (QED) is 0.375. The van der Waals surface area contributed by atoms with Crippen LogP contribution in [-0.4, -0.2) is 21.2 Å². The predicted molar refractivity (Wildman–Crippen MR) is 104 cm³/mol. The molecule has 3 aromatic carbocycles. The monoisotopic (exact) mass is 494 g/mol. The van der Waals surface area contributed by atoms with Gasteiger partial charge in [0.05, 0.1) is 0 Å². The first-order valence-electron chi connectivity index (χ1n) is 8.15. The molecule has 3 rings (SSSR count). The molecule has 0 saturated heterocycles. The van der Waals surface area contributed by atoms with Crippen molar-refractivity contribution in [2.75, 3.05) is 0 Å². The summed E-state index contributed by atoms with van der Waals surface area (Å²) in [6.45, 7) is 2.12. The van der Waals surface area contributed by atoms with E-state index in [1.165, 1.54) is 3.98 Å². The molecule has 0 N–H and O–H groups in total. The molecule has 0 saturated carbocycles. The van der Waals surface area contributed by atoms with Gasteiger partial charge >= 0.3 is 145 Å². The second kappa shape index (κ2) is 7.73. The molecule has 114 valence electrons. The van der Waals surface area contributed by atoms with Gasteiger partial charge in [0.15, 0.2) is 0 Å². The number of allylic oxidation sites excluding steroid dienone is 2. The summed E-state index contributed by atoms with van der Waals surface area (Å²) < 4.78 is 5.82. The van der Waals surface area contributed by atoms with Crippen LogP contribution < -0.4 is 9.37 Å². The van der Waals surface area contributed by atoms with Crippen LogP contribution in [0.5, 0.6) is 0 Å². The molecule has 0 aliphatic carbocycles. The average Bonchev–Trinajstić information content (AvgIpc) is 2.65. The van der Waals surface area contributed by atoms with Crippen LogP contribution in [0, 0.1) is 0 Å². The zero-order valence-corrected chi connectivity index (χ0v) is 17.4. The molecule has 0 fully saturated rings. The van der Waals surface area contributed by atoms with Gasteiger partial charge in [-0.05, 0) is 0 Å². The van der Waals surface area contributed by atoms with Crippen molar-refractivity contribution in [1.29, 1.82) is 0 Å². The second-order valence-electron chi connectivity index (χ2n) is 5.78. The van der Waals surface area contributed by atoms with E-state index in [0.717, 1.165) is 0 Å². The Morgan fingerprint density at radius 3 is 1.26 bits per heavy atom. The van der Waals surface area contributed by atoms with Crippen LogP contribution in [0.15, 0.2) is 103 Å². The van der Waals surface area contributed by atoms with Crippen LogP contribution in [-0.2, 0) is 0 Å². The summed E-state index contributed by atoms with van der Waals surface area (Å²) in [4.78, 5) is 0. The SMILES string of the molecule is C/C=C\[CH2][Pb]([c]1ccccc1)([c]1ccccc1)[c]1ccccc1. The van der Waals surface area contributed by atoms with Gasteiger partial charge in [-0.25, -0.2) is 0 Å². The Morgan fingerprint density at radius 1 is 0.609 bits per heavy atom. The Labute approximate surface area is 144 Å². The molecular formula is C22H22Pb. The van der Waals surface area contributed by atoms with E-state index in [9.17, 15) is 0 Å². The summed E-state index contributed by atoms with van der Waals surface area (Å²) >= 11 is -3.16. The van der Waals surface area contributed by atoms with Crippen molar-refractivity contribution in [2.24, 2.45) is 0 Å². The van der Waals surface area contributed by atoms with E-state index in [2.05, 4.69) is 110 Å². The number of hydrogen-bond donors (Lipinski definition) is 0. The standard InChI is InChI=1S/3C6H5.C4H7.Pb/c3*1-2-4-6-5-3-1;1-3-4-2;/h3*1-5H;3-4H,1H2,2H3;/b;;;4-3-;. The fraction of sp³-hybridized carbons (Fsp3) is 0.0909. The van der Waals surface area contributed by atoms with Crippen LogP contribution >= 0.6 is 0 Å². The molecule has 1 heteroatoms. The summed E-state index contributed by atoms with van der Waals surface area (Å²) in [5.41, 5.74) is 0. The summed E-state index contributed by atoms with van der Waals surface area (Å²) in [5.74, 6) is 0. The van der Waals surface area contributed by atoms with Crippen molar-refractivity contribution in [3.05, 3.63) is 103 Å². The zero-order chi connectivity index (χ0) is 16.0. The van der Waals surface area contributed by atoms with Gasteiger partial charge in [-0.2, -0.15) is 0 Å². The fourth-order valence-corrected chi connectivity index (χ4v) is 21.1. The van der Waals surface area contributed by atoms with Crippen LogP contribution in [0.1, 0.15) is 6.92 Å². The Bertz CT molecular complexity index is 649. The second-order valence-corrected chi connectivity index (χ2v) is 21.1. The Balaban J connectivity index is 2.30. The molecule has 0 heterocycles. The van der Waals surface area contributed by atoms with Crippen molar-refractivity contribution < 1.29 is 0 Å². The molecule has 0 radical (unpaired) electrons. The number of rotatable bonds is 5. The maximum absolute atomic E-state index is 3.16. The van der Waals surface area contributed by atoms with Gasteiger partial charge < -0.3 is 0 Å². The van der Waals surface area contributed by atoms with Gasteiger partial charge in [0.1, 0.15) is 0 Å². The van der Waals surface area contributed by atoms with Crippen LogP contribution in [0.25, 0.3) is 0 Å². The third-order valence-electron chi connectivity index (χ3n) is 4.46. The molecule has 23 heavy (non-hydrogen) atoms. The molecule has 0 bridgehead atoms. The third kappa shape index (κ3) is 3.32. The molecule has 0 atom stereocenters. The van der Waals surface area contributed by atoms with Gasteiger partial charge in [-0.1, -0.05) is 0 Å². The minimum atomic E-state index is -3.16. The molecule has 0 nitrogen and oxygen atoms in total. The summed E-state index contributed by atoms with van der Waals surface area (Å²) in [6, 6.07) is 33.5. The van der Waals surface area contributed by atoms with Crippen LogP contribution in [0.4, 0.5) is 0 Å². The first-order chi connectivity index (χ1) is 11.4. The molecule has 0 unspecified atom stereocenters. The van der Waals surface area contributed by atoms with E-state index in [1.807, 2.05) is 0 Å². The van der Waals surface area contributed by atoms with Crippen molar-refractivity contribution in [2.45, 2.75) is 10.9 Å². The van der Waals surface area contributed by atoms with Crippen LogP contribution in [0.3, 0.4) is 0 Å². The van der Waals surface area contributed by atoms with Crippen molar-refractivity contribution in [3.8, 4) is 0 Å². The average molecular weight is 494 g/mol. The first kappa shape index (κ1) is 16.2. The van der Waals surface area contributed by atoms with Gasteiger partial charge in [0.25, 0.3) is 0 Å². The Morgan fingerprint density at radius 2 is 0.957 bits per heavy atom. The fourth-order valence-electron chi connectivity index (χ4n) is 3.32. The summed E-state index contributed by atoms with van der Waals surface area (Å²) in [7, 11) is 0. The predicted octanol–water partition coefficient (Wildman–Crippen LogP) is 3.73. The zero-order valence-electron chi connectivity index (χ0n) is 13.5. The normalized spacial score (nSPS) is 11.7.